The second-order valence-corrected chi connectivity index (χ2v) is 12.4. The second-order valence-electron chi connectivity index (χ2n) is 10.1. The van der Waals surface area contributed by atoms with Gasteiger partial charge in [0.2, 0.25) is 5.95 Å². The van der Waals surface area contributed by atoms with E-state index < -0.39 is 33.0 Å². The maximum absolute atomic E-state index is 13.3. The highest BCUT2D eigenvalue weighted by molar-refractivity contribution is 7.91. The van der Waals surface area contributed by atoms with E-state index in [9.17, 15) is 26.0 Å². The van der Waals surface area contributed by atoms with Gasteiger partial charge in [-0.25, -0.2) is 17.5 Å². The molecule has 0 atom stereocenters. The number of hydrogen-bond acceptors (Lipinski definition) is 8. The van der Waals surface area contributed by atoms with E-state index in [1.54, 1.807) is 0 Å². The van der Waals surface area contributed by atoms with Crippen molar-refractivity contribution in [3.05, 3.63) is 36.0 Å². The Labute approximate surface area is 210 Å². The predicted molar refractivity (Wildman–Crippen MR) is 129 cm³/mol. The summed E-state index contributed by atoms with van der Waals surface area (Å²) in [7, 11) is -3.13. The van der Waals surface area contributed by atoms with Crippen LogP contribution in [0.3, 0.4) is 0 Å². The van der Waals surface area contributed by atoms with E-state index >= 15 is 0 Å². The zero-order chi connectivity index (χ0) is 26.1. The summed E-state index contributed by atoms with van der Waals surface area (Å²) in [6, 6.07) is 4.92. The first-order chi connectivity index (χ1) is 17.5. The minimum absolute atomic E-state index is 0.137. The quantitative estimate of drug-likeness (QED) is 0.478. The first kappa shape index (κ1) is 24.3. The molecule has 2 aromatic heterocycles. The molecule has 198 valence electrons. The van der Waals surface area contributed by atoms with Gasteiger partial charge in [-0.05, 0) is 31.0 Å². The van der Waals surface area contributed by atoms with Crippen LogP contribution >= 0.6 is 0 Å². The van der Waals surface area contributed by atoms with E-state index in [0.29, 0.717) is 55.9 Å². The van der Waals surface area contributed by atoms with Crippen LogP contribution < -0.4 is 10.2 Å². The Morgan fingerprint density at radius 3 is 2.46 bits per heavy atom. The van der Waals surface area contributed by atoms with E-state index in [0.717, 1.165) is 12.1 Å². The number of benzene rings is 1. The summed E-state index contributed by atoms with van der Waals surface area (Å²) in [5.74, 6) is 0.836. The summed E-state index contributed by atoms with van der Waals surface area (Å²) < 4.78 is 78.2. The summed E-state index contributed by atoms with van der Waals surface area (Å²) in [5.41, 5.74) is -0.256. The number of halogens is 4. The third kappa shape index (κ3) is 4.49. The Balaban J connectivity index is 1.33. The third-order valence-electron chi connectivity index (χ3n) is 7.40. The van der Waals surface area contributed by atoms with Gasteiger partial charge in [0.1, 0.15) is 21.8 Å². The van der Waals surface area contributed by atoms with Crippen molar-refractivity contribution in [2.75, 3.05) is 42.7 Å². The lowest BCUT2D eigenvalue weighted by Gasteiger charge is -2.50. The van der Waals surface area contributed by atoms with E-state index in [4.69, 9.17) is 0 Å². The number of sulfone groups is 1. The number of alkyl halides is 4. The molecule has 2 saturated heterocycles. The molecule has 6 rings (SSSR count). The van der Waals surface area contributed by atoms with E-state index in [-0.39, 0.29) is 23.7 Å². The van der Waals surface area contributed by atoms with Crippen LogP contribution in [0, 0.1) is 0 Å². The summed E-state index contributed by atoms with van der Waals surface area (Å²) in [6.45, 7) is 2.10. The Bertz CT molecular complexity index is 1440. The van der Waals surface area contributed by atoms with Crippen LogP contribution in [0.4, 0.5) is 29.3 Å². The first-order valence-corrected chi connectivity index (χ1v) is 13.9. The molecule has 3 aromatic rings. The summed E-state index contributed by atoms with van der Waals surface area (Å²) in [5, 5.41) is 7.68. The van der Waals surface area contributed by atoms with Crippen LogP contribution in [0.1, 0.15) is 18.4 Å². The number of likely N-dealkylation sites (tertiary alicyclic amines) is 1. The zero-order valence-electron chi connectivity index (χ0n) is 19.9. The molecular weight excluding hydrogens is 514 g/mol. The lowest BCUT2D eigenvalue weighted by molar-refractivity contribution is -0.137. The number of nitrogens with zero attached hydrogens (tertiary/aromatic N) is 6. The van der Waals surface area contributed by atoms with E-state index in [2.05, 4.69) is 25.3 Å². The Morgan fingerprint density at radius 1 is 1.08 bits per heavy atom. The van der Waals surface area contributed by atoms with Gasteiger partial charge in [-0.3, -0.25) is 4.90 Å². The zero-order valence-corrected chi connectivity index (χ0v) is 20.7. The average molecular weight is 540 g/mol. The fourth-order valence-electron chi connectivity index (χ4n) is 5.03. The van der Waals surface area contributed by atoms with E-state index in [1.165, 1.54) is 29.3 Å². The number of anilines is 2. The van der Waals surface area contributed by atoms with Crippen LogP contribution in [0.15, 0.2) is 30.5 Å². The van der Waals surface area contributed by atoms with Gasteiger partial charge >= 0.3 is 6.18 Å². The number of nitrogens with one attached hydrogen (secondary N) is 1. The number of aromatic nitrogens is 4. The van der Waals surface area contributed by atoms with Crippen molar-refractivity contribution in [3.8, 4) is 5.69 Å². The minimum atomic E-state index is -4.51. The van der Waals surface area contributed by atoms with Gasteiger partial charge in [-0.2, -0.15) is 28.2 Å². The van der Waals surface area contributed by atoms with Crippen LogP contribution in [0.25, 0.3) is 16.7 Å². The molecule has 2 aliphatic heterocycles. The minimum Gasteiger partial charge on any atom is -0.353 e. The molecule has 37 heavy (non-hydrogen) atoms. The van der Waals surface area contributed by atoms with Crippen LogP contribution in [0.2, 0.25) is 0 Å². The monoisotopic (exact) mass is 539 g/mol. The highest BCUT2D eigenvalue weighted by Gasteiger charge is 2.41. The van der Waals surface area contributed by atoms with Gasteiger partial charge in [0.25, 0.3) is 0 Å². The highest BCUT2D eigenvalue weighted by atomic mass is 32.2. The molecule has 1 N–H and O–H groups in total. The van der Waals surface area contributed by atoms with Crippen molar-refractivity contribution in [1.29, 1.82) is 0 Å². The standard InChI is InChI=1S/C23H25F4N7O2S/c1-37(35,36)18-6-15(7-18)29-22-30-20(33-11-17(12-33)32-9-14(24)10-32)19-8-28-34(21(19)31-22)16-4-2-3-13(5-16)23(25,26)27/h2-5,8,14-15,17-18H,6-7,9-12H2,1H3,(H,29,30,31). The van der Waals surface area contributed by atoms with Crippen LogP contribution in [-0.2, 0) is 16.0 Å². The molecule has 4 heterocycles. The SMILES string of the molecule is CS(=O)(=O)C1CC(Nc2nc(N3CC(N4CC(F)C4)C3)c3cnn(-c4cccc(C(F)(F)F)c4)c3n2)C1. The topological polar surface area (TPSA) is 96.3 Å². The van der Waals surface area contributed by atoms with Gasteiger partial charge in [-0.1, -0.05) is 6.07 Å². The summed E-state index contributed by atoms with van der Waals surface area (Å²) in [4.78, 5) is 13.3. The molecule has 3 aliphatic rings. The Morgan fingerprint density at radius 2 is 1.81 bits per heavy atom. The number of fused-ring (bicyclic) bond motifs is 1. The Hall–Kier alpha value is -3.00. The van der Waals surface area contributed by atoms with Crippen LogP contribution in [0.5, 0.6) is 0 Å². The molecule has 0 radical (unpaired) electrons. The predicted octanol–water partition coefficient (Wildman–Crippen LogP) is 2.66. The lowest BCUT2D eigenvalue weighted by atomic mass is 9.92. The summed E-state index contributed by atoms with van der Waals surface area (Å²) in [6.07, 6.45) is -1.70. The van der Waals surface area contributed by atoms with Gasteiger partial charge < -0.3 is 10.2 Å². The van der Waals surface area contributed by atoms with Crippen molar-refractivity contribution in [2.45, 2.75) is 42.5 Å². The molecule has 0 unspecified atom stereocenters. The van der Waals surface area contributed by atoms with Crippen molar-refractivity contribution >= 4 is 32.6 Å². The average Bonchev–Trinajstić information content (AvgIpc) is 3.16. The number of hydrogen-bond donors (Lipinski definition) is 1. The van der Waals surface area contributed by atoms with Gasteiger partial charge in [0.05, 0.1) is 28.1 Å². The molecular formula is C23H25F4N7O2S. The van der Waals surface area contributed by atoms with Crippen LogP contribution in [-0.4, -0.2) is 89.0 Å². The molecule has 1 aromatic carbocycles. The fraction of sp³-hybridized carbons (Fsp3) is 0.522. The van der Waals surface area contributed by atoms with Crippen molar-refractivity contribution in [1.82, 2.24) is 24.6 Å². The van der Waals surface area contributed by atoms with Gasteiger partial charge in [0, 0.05) is 44.5 Å². The van der Waals surface area contributed by atoms with Crippen molar-refractivity contribution in [2.24, 2.45) is 0 Å². The maximum Gasteiger partial charge on any atom is 0.416 e. The van der Waals surface area contributed by atoms with Crippen molar-refractivity contribution in [3.63, 3.8) is 0 Å². The molecule has 0 bridgehead atoms. The Kier molecular flexibility index (Phi) is 5.60. The molecule has 1 aliphatic carbocycles. The fourth-order valence-corrected chi connectivity index (χ4v) is 6.19. The normalized spacial score (nSPS) is 23.5. The molecule has 3 fully saturated rings. The summed E-state index contributed by atoms with van der Waals surface area (Å²) >= 11 is 0. The van der Waals surface area contributed by atoms with E-state index in [1.807, 2.05) is 4.90 Å². The smallest absolute Gasteiger partial charge is 0.353 e. The lowest BCUT2D eigenvalue weighted by Crippen LogP contribution is -2.66. The molecule has 0 spiro atoms. The highest BCUT2D eigenvalue weighted by Crippen LogP contribution is 2.35. The molecule has 9 nitrogen and oxygen atoms in total. The second kappa shape index (κ2) is 8.51. The van der Waals surface area contributed by atoms with Gasteiger partial charge in [-0.15, -0.1) is 0 Å². The third-order valence-corrected chi connectivity index (χ3v) is 9.00. The molecule has 0 amide bonds. The number of rotatable bonds is 6. The molecule has 14 heteroatoms. The maximum atomic E-state index is 13.3. The van der Waals surface area contributed by atoms with Gasteiger partial charge in [0.15, 0.2) is 5.65 Å². The largest absolute Gasteiger partial charge is 0.416 e. The van der Waals surface area contributed by atoms with Crippen molar-refractivity contribution < 1.29 is 26.0 Å². The molecule has 1 saturated carbocycles. The first-order valence-electron chi connectivity index (χ1n) is 12.0.